The first kappa shape index (κ1) is 21.8. The summed E-state index contributed by atoms with van der Waals surface area (Å²) in [5.74, 6) is -0.332. The first-order valence-corrected chi connectivity index (χ1v) is 9.95. The molecule has 2 aliphatic heterocycles. The number of halogens is 3. The lowest BCUT2D eigenvalue weighted by Gasteiger charge is -2.36. The van der Waals surface area contributed by atoms with Crippen molar-refractivity contribution in [1.29, 1.82) is 0 Å². The van der Waals surface area contributed by atoms with E-state index in [1.807, 2.05) is 30.3 Å². The van der Waals surface area contributed by atoms with Gasteiger partial charge < -0.3 is 14.7 Å². The van der Waals surface area contributed by atoms with Gasteiger partial charge in [-0.3, -0.25) is 0 Å². The van der Waals surface area contributed by atoms with E-state index in [1.165, 1.54) is 35.4 Å². The maximum Gasteiger partial charge on any atom is 0.573 e. The molecule has 2 aliphatic rings. The van der Waals surface area contributed by atoms with Gasteiger partial charge in [0.25, 0.3) is 0 Å². The van der Waals surface area contributed by atoms with Gasteiger partial charge >= 0.3 is 12.4 Å². The Kier molecular flexibility index (Phi) is 6.15. The van der Waals surface area contributed by atoms with Gasteiger partial charge in [0.2, 0.25) is 0 Å². The number of alkyl halides is 3. The number of rotatable bonds is 4. The van der Waals surface area contributed by atoms with Crippen LogP contribution in [0, 0.1) is 0 Å². The topological polar surface area (TPSA) is 77.4 Å². The molecule has 0 bridgehead atoms. The summed E-state index contributed by atoms with van der Waals surface area (Å²) in [6.45, 7) is 0.120. The van der Waals surface area contributed by atoms with E-state index in [0.29, 0.717) is 12.0 Å². The van der Waals surface area contributed by atoms with Crippen molar-refractivity contribution in [3.63, 3.8) is 0 Å². The van der Waals surface area contributed by atoms with Crippen molar-refractivity contribution >= 4 is 12.2 Å². The monoisotopic (exact) mass is 446 g/mol. The Hall–Kier alpha value is -3.37. The number of nitrogens with zero attached hydrogens (tertiary/aromatic N) is 3. The lowest BCUT2D eigenvalue weighted by molar-refractivity contribution is -0.274. The van der Waals surface area contributed by atoms with Crippen LogP contribution in [0.15, 0.2) is 71.9 Å². The van der Waals surface area contributed by atoms with Crippen LogP contribution in [0.5, 0.6) is 5.75 Å². The van der Waals surface area contributed by atoms with E-state index in [2.05, 4.69) is 15.3 Å². The third-order valence-electron chi connectivity index (χ3n) is 5.12. The smallest absolute Gasteiger partial charge is 0.406 e. The molecule has 0 saturated carbocycles. The van der Waals surface area contributed by atoms with Crippen molar-refractivity contribution in [2.75, 3.05) is 6.54 Å². The molecule has 0 radical (unpaired) electrons. The predicted molar refractivity (Wildman–Crippen MR) is 111 cm³/mol. The van der Waals surface area contributed by atoms with Crippen molar-refractivity contribution in [1.82, 2.24) is 15.4 Å². The highest BCUT2D eigenvalue weighted by atomic mass is 19.4. The van der Waals surface area contributed by atoms with Gasteiger partial charge in [0.1, 0.15) is 5.75 Å². The number of hydrazone groups is 1. The normalized spacial score (nSPS) is 22.9. The average molecular weight is 446 g/mol. The second-order valence-electron chi connectivity index (χ2n) is 7.44. The van der Waals surface area contributed by atoms with Crippen LogP contribution in [0.25, 0.3) is 0 Å². The van der Waals surface area contributed by atoms with Crippen LogP contribution in [0.1, 0.15) is 17.2 Å². The molecule has 10 heteroatoms. The minimum absolute atomic E-state index is 0.120. The zero-order valence-corrected chi connectivity index (χ0v) is 16.8. The Morgan fingerprint density at radius 2 is 1.84 bits per heavy atom. The van der Waals surface area contributed by atoms with Crippen LogP contribution in [-0.4, -0.2) is 52.4 Å². The Bertz CT molecular complexity index is 996. The van der Waals surface area contributed by atoms with E-state index in [9.17, 15) is 23.1 Å². The molecule has 0 aliphatic carbocycles. The number of β-amino-alcohol motifs (C(OH)–C–C–N with tert-alkyl or cyclic N) is 1. The Labute approximate surface area is 182 Å². The maximum atomic E-state index is 13.1. The van der Waals surface area contributed by atoms with Crippen LogP contribution in [-0.2, 0) is 6.42 Å². The fourth-order valence-corrected chi connectivity index (χ4v) is 3.61. The van der Waals surface area contributed by atoms with Gasteiger partial charge in [0, 0.05) is 0 Å². The Morgan fingerprint density at radius 1 is 1.12 bits per heavy atom. The first-order chi connectivity index (χ1) is 15.3. The quantitative estimate of drug-likeness (QED) is 0.706. The fourth-order valence-electron chi connectivity index (χ4n) is 3.61. The molecule has 2 aromatic rings. The number of carbonyl (C=O) groups is 1. The number of carbonyl (C=O) groups excluding carboxylic acids is 1. The number of aliphatic hydroxyl groups excluding tert-OH is 1. The van der Waals surface area contributed by atoms with Gasteiger partial charge in [-0.25, -0.2) is 4.79 Å². The van der Waals surface area contributed by atoms with Gasteiger partial charge in [-0.2, -0.15) is 10.5 Å². The molecule has 2 aromatic carbocycles. The van der Waals surface area contributed by atoms with E-state index in [4.69, 9.17) is 0 Å². The zero-order valence-electron chi connectivity index (χ0n) is 16.8. The highest BCUT2D eigenvalue weighted by Crippen LogP contribution is 2.26. The second-order valence-corrected chi connectivity index (χ2v) is 7.44. The number of aliphatic hydroxyl groups is 1. The van der Waals surface area contributed by atoms with Crippen LogP contribution in [0.2, 0.25) is 0 Å². The molecule has 168 valence electrons. The largest absolute Gasteiger partial charge is 0.573 e. The minimum Gasteiger partial charge on any atom is -0.406 e. The molecule has 2 N–H and O–H groups in total. The van der Waals surface area contributed by atoms with Crippen molar-refractivity contribution in [3.8, 4) is 5.75 Å². The lowest BCUT2D eigenvalue weighted by Crippen LogP contribution is -2.53. The van der Waals surface area contributed by atoms with Crippen LogP contribution in [0.4, 0.5) is 18.0 Å². The lowest BCUT2D eigenvalue weighted by atomic mass is 10.0. The second kappa shape index (κ2) is 9.01. The van der Waals surface area contributed by atoms with Gasteiger partial charge in [-0.05, 0) is 29.7 Å². The molecule has 7 nitrogen and oxygen atoms in total. The Balaban J connectivity index is 1.42. The summed E-state index contributed by atoms with van der Waals surface area (Å²) in [5, 5.41) is 15.2. The highest BCUT2D eigenvalue weighted by molar-refractivity contribution is 5.79. The van der Waals surface area contributed by atoms with Crippen molar-refractivity contribution in [2.45, 2.75) is 31.0 Å². The molecule has 32 heavy (non-hydrogen) atoms. The number of hydrogen-bond donors (Lipinski definition) is 2. The molecular weight excluding hydrogens is 425 g/mol. The highest BCUT2D eigenvalue weighted by Gasteiger charge is 2.34. The van der Waals surface area contributed by atoms with Crippen LogP contribution in [0.3, 0.4) is 0 Å². The van der Waals surface area contributed by atoms with Gasteiger partial charge in [-0.15, -0.1) is 18.3 Å². The first-order valence-electron chi connectivity index (χ1n) is 9.95. The molecule has 2 amide bonds. The number of benzene rings is 2. The SMILES string of the molecule is O=C(N1N=CC(c2ccc(OC(F)(F)F)cc2)N1)N1C[C@H](O)C=C[C@@H]1Cc1ccccc1. The molecule has 0 fully saturated rings. The van der Waals surface area contributed by atoms with Crippen molar-refractivity contribution < 1.29 is 27.8 Å². The van der Waals surface area contributed by atoms with Crippen molar-refractivity contribution in [3.05, 3.63) is 77.9 Å². The molecule has 3 atom stereocenters. The Morgan fingerprint density at radius 3 is 2.53 bits per heavy atom. The molecule has 2 heterocycles. The molecule has 0 spiro atoms. The molecule has 0 aromatic heterocycles. The number of amides is 2. The third-order valence-corrected chi connectivity index (χ3v) is 5.12. The number of nitrogens with one attached hydrogen (secondary N) is 1. The zero-order chi connectivity index (χ0) is 22.7. The van der Waals surface area contributed by atoms with E-state index in [0.717, 1.165) is 10.7 Å². The van der Waals surface area contributed by atoms with Crippen molar-refractivity contribution in [2.24, 2.45) is 5.10 Å². The third kappa shape index (κ3) is 5.27. The molecular formula is C22H21F3N4O3. The maximum absolute atomic E-state index is 13.1. The minimum atomic E-state index is -4.76. The van der Waals surface area contributed by atoms with E-state index >= 15 is 0 Å². The summed E-state index contributed by atoms with van der Waals surface area (Å²) >= 11 is 0. The van der Waals surface area contributed by atoms with E-state index < -0.39 is 24.5 Å². The standard InChI is InChI=1S/C22H21F3N4O3/c23-22(24,25)32-19-10-6-16(7-11-19)20-13-26-29(27-20)21(31)28-14-18(30)9-8-17(28)12-15-4-2-1-3-5-15/h1-11,13,17-18,20,27,30H,12,14H2/t17-,18-,20?/m1/s1. The number of ether oxygens (including phenoxy) is 1. The summed E-state index contributed by atoms with van der Waals surface area (Å²) in [7, 11) is 0. The summed E-state index contributed by atoms with van der Waals surface area (Å²) in [6.07, 6.45) is -0.00498. The fraction of sp³-hybridized carbons (Fsp3) is 0.273. The van der Waals surface area contributed by atoms with Gasteiger partial charge in [0.15, 0.2) is 0 Å². The number of hydrogen-bond acceptors (Lipinski definition) is 5. The van der Waals surface area contributed by atoms with Crippen LogP contribution >= 0.6 is 0 Å². The van der Waals surface area contributed by atoms with Crippen LogP contribution < -0.4 is 10.2 Å². The van der Waals surface area contributed by atoms with Gasteiger partial charge in [-0.1, -0.05) is 54.6 Å². The molecule has 4 rings (SSSR count). The van der Waals surface area contributed by atoms with Gasteiger partial charge in [0.05, 0.1) is 30.9 Å². The predicted octanol–water partition coefficient (Wildman–Crippen LogP) is 3.40. The summed E-state index contributed by atoms with van der Waals surface area (Å²) in [4.78, 5) is 14.7. The molecule has 0 saturated heterocycles. The summed E-state index contributed by atoms with van der Waals surface area (Å²) in [6, 6.07) is 13.8. The average Bonchev–Trinajstić information content (AvgIpc) is 3.25. The molecule has 1 unspecified atom stereocenters. The van der Waals surface area contributed by atoms with E-state index in [1.54, 1.807) is 12.2 Å². The summed E-state index contributed by atoms with van der Waals surface area (Å²) < 4.78 is 40.9. The number of urea groups is 1. The number of hydrazine groups is 1. The van der Waals surface area contributed by atoms with E-state index in [-0.39, 0.29) is 18.3 Å². The summed E-state index contributed by atoms with van der Waals surface area (Å²) in [5.41, 5.74) is 4.58.